The smallest absolute Gasteiger partial charge is 0.269 e. The highest BCUT2D eigenvalue weighted by molar-refractivity contribution is 5.94. The van der Waals surface area contributed by atoms with E-state index in [0.717, 1.165) is 5.56 Å². The first-order chi connectivity index (χ1) is 12.6. The van der Waals surface area contributed by atoms with Gasteiger partial charge in [-0.2, -0.15) is 0 Å². The molecule has 0 aliphatic carbocycles. The van der Waals surface area contributed by atoms with Crippen LogP contribution in [0, 0.1) is 10.1 Å². The van der Waals surface area contributed by atoms with Crippen molar-refractivity contribution in [2.75, 3.05) is 6.54 Å². The molecule has 0 N–H and O–H groups in total. The number of carbonyl (C=O) groups excluding carboxylic acids is 1. The average Bonchev–Trinajstić information content (AvgIpc) is 3.20. The van der Waals surface area contributed by atoms with Crippen LogP contribution in [-0.2, 0) is 6.54 Å². The summed E-state index contributed by atoms with van der Waals surface area (Å²) in [5, 5.41) is 10.9. The van der Waals surface area contributed by atoms with E-state index in [0.29, 0.717) is 30.0 Å². The molecule has 1 amide bonds. The van der Waals surface area contributed by atoms with Gasteiger partial charge in [0, 0.05) is 36.3 Å². The minimum absolute atomic E-state index is 0.0161. The van der Waals surface area contributed by atoms with E-state index in [4.69, 9.17) is 4.42 Å². The summed E-state index contributed by atoms with van der Waals surface area (Å²) in [6, 6.07) is 13.4. The van der Waals surface area contributed by atoms with Crippen LogP contribution >= 0.6 is 0 Å². The second kappa shape index (κ2) is 7.60. The molecular weight excluding hydrogens is 334 g/mol. The van der Waals surface area contributed by atoms with Crippen LogP contribution in [0.15, 0.2) is 65.5 Å². The molecule has 0 fully saturated rings. The first-order valence-corrected chi connectivity index (χ1v) is 8.10. The normalized spacial score (nSPS) is 10.5. The first kappa shape index (κ1) is 17.3. The van der Waals surface area contributed by atoms with Crippen LogP contribution in [0.5, 0.6) is 0 Å². The number of oxazole rings is 1. The summed E-state index contributed by atoms with van der Waals surface area (Å²) in [6.45, 7) is 2.67. The highest BCUT2D eigenvalue weighted by Crippen LogP contribution is 2.20. The molecule has 0 saturated heterocycles. The zero-order valence-electron chi connectivity index (χ0n) is 14.2. The highest BCUT2D eigenvalue weighted by atomic mass is 16.6. The fourth-order valence-electron chi connectivity index (χ4n) is 2.63. The van der Waals surface area contributed by atoms with Gasteiger partial charge in [-0.05, 0) is 24.6 Å². The molecule has 132 valence electrons. The number of benzene rings is 2. The Kier molecular flexibility index (Phi) is 5.07. The SMILES string of the molecule is CCN(Cc1cccc([N+](=O)[O-])c1)C(=O)c1ccc(-c2cnco2)cc1. The quantitative estimate of drug-likeness (QED) is 0.496. The summed E-state index contributed by atoms with van der Waals surface area (Å²) >= 11 is 0. The first-order valence-electron chi connectivity index (χ1n) is 8.10. The molecule has 0 unspecified atom stereocenters. The molecule has 1 heterocycles. The van der Waals surface area contributed by atoms with Gasteiger partial charge in [-0.3, -0.25) is 14.9 Å². The summed E-state index contributed by atoms with van der Waals surface area (Å²) < 4.78 is 5.24. The lowest BCUT2D eigenvalue weighted by Crippen LogP contribution is -2.30. The Balaban J connectivity index is 1.76. The third-order valence-corrected chi connectivity index (χ3v) is 4.01. The van der Waals surface area contributed by atoms with E-state index >= 15 is 0 Å². The number of nitro benzene ring substituents is 1. The molecule has 26 heavy (non-hydrogen) atoms. The number of hydrogen-bond acceptors (Lipinski definition) is 5. The second-order valence-corrected chi connectivity index (χ2v) is 5.69. The lowest BCUT2D eigenvalue weighted by Gasteiger charge is -2.21. The molecule has 0 atom stereocenters. The minimum atomic E-state index is -0.441. The zero-order valence-corrected chi connectivity index (χ0v) is 14.2. The molecule has 0 spiro atoms. The molecule has 0 saturated carbocycles. The van der Waals surface area contributed by atoms with Gasteiger partial charge in [0.25, 0.3) is 11.6 Å². The Bertz CT molecular complexity index is 905. The maximum atomic E-state index is 12.8. The van der Waals surface area contributed by atoms with Crippen molar-refractivity contribution in [2.45, 2.75) is 13.5 Å². The molecule has 7 nitrogen and oxygen atoms in total. The lowest BCUT2D eigenvalue weighted by molar-refractivity contribution is -0.384. The van der Waals surface area contributed by atoms with Crippen LogP contribution in [-0.4, -0.2) is 27.3 Å². The molecule has 0 radical (unpaired) electrons. The Hall–Kier alpha value is -3.48. The minimum Gasteiger partial charge on any atom is -0.444 e. The summed E-state index contributed by atoms with van der Waals surface area (Å²) in [4.78, 5) is 28.7. The highest BCUT2D eigenvalue weighted by Gasteiger charge is 2.16. The number of aromatic nitrogens is 1. The topological polar surface area (TPSA) is 89.5 Å². The molecule has 0 aliphatic rings. The van der Waals surface area contributed by atoms with E-state index in [1.54, 1.807) is 47.5 Å². The van der Waals surface area contributed by atoms with Crippen molar-refractivity contribution in [1.82, 2.24) is 9.88 Å². The lowest BCUT2D eigenvalue weighted by atomic mass is 10.1. The van der Waals surface area contributed by atoms with Crippen LogP contribution in [0.25, 0.3) is 11.3 Å². The van der Waals surface area contributed by atoms with Gasteiger partial charge in [-0.15, -0.1) is 0 Å². The molecule has 3 aromatic rings. The van der Waals surface area contributed by atoms with Gasteiger partial charge in [-0.25, -0.2) is 4.98 Å². The molecular formula is C19H17N3O4. The number of hydrogen-bond donors (Lipinski definition) is 0. The number of nitrogens with zero attached hydrogens (tertiary/aromatic N) is 3. The summed E-state index contributed by atoms with van der Waals surface area (Å²) in [5.41, 5.74) is 2.11. The van der Waals surface area contributed by atoms with E-state index in [1.807, 2.05) is 6.92 Å². The number of rotatable bonds is 6. The van der Waals surface area contributed by atoms with Gasteiger partial charge in [0.2, 0.25) is 0 Å². The number of carbonyl (C=O) groups is 1. The largest absolute Gasteiger partial charge is 0.444 e. The summed E-state index contributed by atoms with van der Waals surface area (Å²) in [6.07, 6.45) is 2.96. The van der Waals surface area contributed by atoms with E-state index in [-0.39, 0.29) is 11.6 Å². The predicted molar refractivity (Wildman–Crippen MR) is 95.4 cm³/mol. The second-order valence-electron chi connectivity index (χ2n) is 5.69. The van der Waals surface area contributed by atoms with E-state index in [1.165, 1.54) is 18.5 Å². The predicted octanol–water partition coefficient (Wildman–Crippen LogP) is 3.91. The third-order valence-electron chi connectivity index (χ3n) is 4.01. The average molecular weight is 351 g/mol. The van der Waals surface area contributed by atoms with Gasteiger partial charge < -0.3 is 9.32 Å². The Morgan fingerprint density at radius 1 is 1.23 bits per heavy atom. The van der Waals surface area contributed by atoms with Crippen LogP contribution in [0.1, 0.15) is 22.8 Å². The zero-order chi connectivity index (χ0) is 18.5. The summed E-state index contributed by atoms with van der Waals surface area (Å²) in [5.74, 6) is 0.496. The van der Waals surface area contributed by atoms with Crippen molar-refractivity contribution in [1.29, 1.82) is 0 Å². The van der Waals surface area contributed by atoms with Crippen LogP contribution < -0.4 is 0 Å². The van der Waals surface area contributed by atoms with Gasteiger partial charge in [0.15, 0.2) is 12.2 Å². The van der Waals surface area contributed by atoms with Gasteiger partial charge >= 0.3 is 0 Å². The Morgan fingerprint density at radius 2 is 2.00 bits per heavy atom. The number of nitro groups is 1. The Labute approximate surface area is 150 Å². The molecule has 0 aliphatic heterocycles. The number of amides is 1. The maximum absolute atomic E-state index is 12.8. The standard InChI is InChI=1S/C19H17N3O4/c1-2-21(12-14-4-3-5-17(10-14)22(24)25)19(23)16-8-6-15(7-9-16)18-11-20-13-26-18/h3-11,13H,2,12H2,1H3. The fourth-order valence-corrected chi connectivity index (χ4v) is 2.63. The van der Waals surface area contributed by atoms with Crippen molar-refractivity contribution in [3.8, 4) is 11.3 Å². The van der Waals surface area contributed by atoms with Crippen LogP contribution in [0.2, 0.25) is 0 Å². The maximum Gasteiger partial charge on any atom is 0.269 e. The number of non-ortho nitro benzene ring substituents is 1. The van der Waals surface area contributed by atoms with E-state index < -0.39 is 4.92 Å². The summed E-state index contributed by atoms with van der Waals surface area (Å²) in [7, 11) is 0. The molecule has 0 bridgehead atoms. The van der Waals surface area contributed by atoms with E-state index in [9.17, 15) is 14.9 Å². The molecule has 1 aromatic heterocycles. The van der Waals surface area contributed by atoms with Gasteiger partial charge in [-0.1, -0.05) is 24.3 Å². The molecule has 3 rings (SSSR count). The van der Waals surface area contributed by atoms with Gasteiger partial charge in [0.05, 0.1) is 11.1 Å². The van der Waals surface area contributed by atoms with Crippen molar-refractivity contribution < 1.29 is 14.1 Å². The van der Waals surface area contributed by atoms with Crippen LogP contribution in [0.4, 0.5) is 5.69 Å². The van der Waals surface area contributed by atoms with Crippen molar-refractivity contribution in [2.24, 2.45) is 0 Å². The van der Waals surface area contributed by atoms with Crippen molar-refractivity contribution >= 4 is 11.6 Å². The monoisotopic (exact) mass is 351 g/mol. The van der Waals surface area contributed by atoms with Crippen molar-refractivity contribution in [3.05, 3.63) is 82.4 Å². The van der Waals surface area contributed by atoms with Crippen molar-refractivity contribution in [3.63, 3.8) is 0 Å². The van der Waals surface area contributed by atoms with Gasteiger partial charge in [0.1, 0.15) is 0 Å². The van der Waals surface area contributed by atoms with E-state index in [2.05, 4.69) is 4.98 Å². The third kappa shape index (κ3) is 3.77. The molecule has 7 heteroatoms. The molecule has 2 aromatic carbocycles. The fraction of sp³-hybridized carbons (Fsp3) is 0.158. The Morgan fingerprint density at radius 3 is 2.62 bits per heavy atom. The van der Waals surface area contributed by atoms with Crippen LogP contribution in [0.3, 0.4) is 0 Å².